The van der Waals surface area contributed by atoms with E-state index in [1.165, 1.54) is 11.2 Å². The fourth-order valence-electron chi connectivity index (χ4n) is 4.63. The zero-order valence-corrected chi connectivity index (χ0v) is 20.3. The first-order chi connectivity index (χ1) is 17.0. The van der Waals surface area contributed by atoms with Gasteiger partial charge in [-0.25, -0.2) is 0 Å². The van der Waals surface area contributed by atoms with Crippen molar-refractivity contribution in [3.8, 4) is 5.75 Å². The summed E-state index contributed by atoms with van der Waals surface area (Å²) in [4.78, 5) is 43.6. The second kappa shape index (κ2) is 10.6. The van der Waals surface area contributed by atoms with Crippen LogP contribution in [-0.4, -0.2) is 42.1 Å². The Bertz CT molecular complexity index is 1170. The summed E-state index contributed by atoms with van der Waals surface area (Å²) in [6, 6.07) is 17.2. The maximum absolute atomic E-state index is 13.6. The zero-order valence-electron chi connectivity index (χ0n) is 20.3. The topological polar surface area (TPSA) is 80.1 Å². The molecule has 1 amide bonds. The Morgan fingerprint density at radius 3 is 2.23 bits per heavy atom. The van der Waals surface area contributed by atoms with Gasteiger partial charge in [0.05, 0.1) is 25.5 Å². The second-order valence-electron chi connectivity index (χ2n) is 8.38. The average molecular weight is 475 g/mol. The first-order valence-corrected chi connectivity index (χ1v) is 12.0. The number of hydrogen-bond acceptors (Lipinski definition) is 6. The Hall–Kier alpha value is -3.87. The minimum absolute atomic E-state index is 0.104. The van der Waals surface area contributed by atoms with Crippen LogP contribution in [0.25, 0.3) is 0 Å². The third-order valence-electron chi connectivity index (χ3n) is 6.41. The number of carbonyl (C=O) groups is 3. The van der Waals surface area contributed by atoms with Gasteiger partial charge in [0.2, 0.25) is 5.78 Å². The highest BCUT2D eigenvalue weighted by Crippen LogP contribution is 2.40. The van der Waals surface area contributed by atoms with Crippen LogP contribution in [-0.2, 0) is 16.1 Å². The van der Waals surface area contributed by atoms with Gasteiger partial charge in [0.1, 0.15) is 17.4 Å². The number of hydrogen-bond donors (Lipinski definition) is 0. The largest absolute Gasteiger partial charge is 0.494 e. The van der Waals surface area contributed by atoms with Gasteiger partial charge >= 0.3 is 0 Å². The van der Waals surface area contributed by atoms with E-state index >= 15 is 0 Å². The molecule has 4 rings (SSSR count). The van der Waals surface area contributed by atoms with Crippen LogP contribution in [0.1, 0.15) is 48.5 Å². The average Bonchev–Trinajstić information content (AvgIpc) is 3.48. The third kappa shape index (κ3) is 4.85. The van der Waals surface area contributed by atoms with Gasteiger partial charge in [-0.2, -0.15) is 0 Å². The Morgan fingerprint density at radius 2 is 1.66 bits per heavy atom. The summed E-state index contributed by atoms with van der Waals surface area (Å²) >= 11 is 0. The molecule has 2 unspecified atom stereocenters. The van der Waals surface area contributed by atoms with Gasteiger partial charge in [-0.1, -0.05) is 12.1 Å². The lowest BCUT2D eigenvalue weighted by Gasteiger charge is -2.27. The first-order valence-electron chi connectivity index (χ1n) is 12.0. The molecule has 182 valence electrons. The molecule has 1 aliphatic heterocycles. The first kappa shape index (κ1) is 24.3. The van der Waals surface area contributed by atoms with E-state index in [-0.39, 0.29) is 12.3 Å². The monoisotopic (exact) mass is 474 g/mol. The Kier molecular flexibility index (Phi) is 7.34. The van der Waals surface area contributed by atoms with Crippen LogP contribution in [0.5, 0.6) is 5.75 Å². The molecule has 0 radical (unpaired) electrons. The van der Waals surface area contributed by atoms with Gasteiger partial charge in [0.25, 0.3) is 5.91 Å². The number of anilines is 1. The Balaban J connectivity index is 1.72. The maximum atomic E-state index is 13.6. The molecule has 1 fully saturated rings. The van der Waals surface area contributed by atoms with Gasteiger partial charge in [0, 0.05) is 24.3 Å². The van der Waals surface area contributed by atoms with Gasteiger partial charge in [-0.15, -0.1) is 0 Å². The minimum Gasteiger partial charge on any atom is -0.494 e. The molecular weight excluding hydrogens is 444 g/mol. The highest BCUT2D eigenvalue weighted by atomic mass is 16.5. The molecule has 0 aliphatic carbocycles. The molecule has 0 spiro atoms. The minimum atomic E-state index is -1.14. The fourth-order valence-corrected chi connectivity index (χ4v) is 4.63. The number of likely N-dealkylation sites (tertiary alicyclic amines) is 1. The summed E-state index contributed by atoms with van der Waals surface area (Å²) in [5, 5.41) is 0. The molecule has 7 nitrogen and oxygen atoms in total. The van der Waals surface area contributed by atoms with Crippen molar-refractivity contribution >= 4 is 23.2 Å². The van der Waals surface area contributed by atoms with Crippen molar-refractivity contribution in [3.63, 3.8) is 0 Å². The predicted octanol–water partition coefficient (Wildman–Crippen LogP) is 4.68. The number of ketones is 2. The molecule has 0 bridgehead atoms. The summed E-state index contributed by atoms with van der Waals surface area (Å²) < 4.78 is 10.9. The van der Waals surface area contributed by atoms with E-state index in [4.69, 9.17) is 9.15 Å². The molecule has 0 N–H and O–H groups in total. The van der Waals surface area contributed by atoms with Crippen molar-refractivity contribution in [2.45, 2.75) is 33.4 Å². The Labute approximate surface area is 205 Å². The van der Waals surface area contributed by atoms with E-state index in [2.05, 4.69) is 18.7 Å². The van der Waals surface area contributed by atoms with Crippen LogP contribution >= 0.6 is 0 Å². The zero-order chi connectivity index (χ0) is 24.9. The molecule has 35 heavy (non-hydrogen) atoms. The molecule has 2 atom stereocenters. The summed E-state index contributed by atoms with van der Waals surface area (Å²) in [7, 11) is 0. The van der Waals surface area contributed by atoms with Gasteiger partial charge in [0.15, 0.2) is 5.78 Å². The molecule has 1 aliphatic rings. The Morgan fingerprint density at radius 1 is 0.971 bits per heavy atom. The quantitative estimate of drug-likeness (QED) is 0.241. The number of nitrogens with zero attached hydrogens (tertiary/aromatic N) is 2. The molecule has 1 saturated heterocycles. The van der Waals surface area contributed by atoms with E-state index in [0.717, 1.165) is 24.3 Å². The number of benzene rings is 2. The van der Waals surface area contributed by atoms with E-state index in [0.29, 0.717) is 23.7 Å². The van der Waals surface area contributed by atoms with E-state index in [1.54, 1.807) is 36.4 Å². The number of amides is 1. The standard InChI is InChI=1S/C28H30N2O5/c1-4-29(5-2)21-13-9-19(10-14-21)25-24(26(31)20-11-15-22(16-12-20)34-6-3)27(32)28(33)30(25)18-23-8-7-17-35-23/h7-17,24-25H,4-6,18H2,1-3H3. The lowest BCUT2D eigenvalue weighted by atomic mass is 9.86. The molecular formula is C28H30N2O5. The number of Topliss-reactive ketones (excluding diaryl/α,β-unsaturated/α-hetero) is 2. The second-order valence-corrected chi connectivity index (χ2v) is 8.38. The highest BCUT2D eigenvalue weighted by molar-refractivity contribution is 6.44. The lowest BCUT2D eigenvalue weighted by Crippen LogP contribution is -2.30. The third-order valence-corrected chi connectivity index (χ3v) is 6.41. The maximum Gasteiger partial charge on any atom is 0.291 e. The summed E-state index contributed by atoms with van der Waals surface area (Å²) in [6.07, 6.45) is 1.52. The normalized spacial score (nSPS) is 17.6. The lowest BCUT2D eigenvalue weighted by molar-refractivity contribution is -0.141. The van der Waals surface area contributed by atoms with Crippen LogP contribution in [0.15, 0.2) is 71.3 Å². The molecule has 7 heteroatoms. The molecule has 2 aromatic carbocycles. The van der Waals surface area contributed by atoms with Crippen molar-refractivity contribution in [3.05, 3.63) is 83.8 Å². The van der Waals surface area contributed by atoms with Gasteiger partial charge in [-0.05, 0) is 74.9 Å². The van der Waals surface area contributed by atoms with Crippen molar-refractivity contribution < 1.29 is 23.5 Å². The van der Waals surface area contributed by atoms with Crippen LogP contribution in [0.2, 0.25) is 0 Å². The molecule has 3 aromatic rings. The smallest absolute Gasteiger partial charge is 0.291 e. The predicted molar refractivity (Wildman–Crippen MR) is 132 cm³/mol. The van der Waals surface area contributed by atoms with Gasteiger partial charge in [-0.3, -0.25) is 14.4 Å². The molecule has 0 saturated carbocycles. The van der Waals surface area contributed by atoms with E-state index in [1.807, 2.05) is 31.2 Å². The fraction of sp³-hybridized carbons (Fsp3) is 0.321. The van der Waals surface area contributed by atoms with Crippen LogP contribution < -0.4 is 9.64 Å². The number of ether oxygens (including phenoxy) is 1. The van der Waals surface area contributed by atoms with Crippen molar-refractivity contribution in [1.82, 2.24) is 4.90 Å². The number of carbonyl (C=O) groups excluding carboxylic acids is 3. The molecule has 2 heterocycles. The van der Waals surface area contributed by atoms with Crippen molar-refractivity contribution in [2.24, 2.45) is 5.92 Å². The van der Waals surface area contributed by atoms with E-state index in [9.17, 15) is 14.4 Å². The summed E-state index contributed by atoms with van der Waals surface area (Å²) in [5.74, 6) is -1.72. The van der Waals surface area contributed by atoms with E-state index < -0.39 is 23.7 Å². The summed E-state index contributed by atoms with van der Waals surface area (Å²) in [5.41, 5.74) is 2.14. The number of rotatable bonds is 10. The van der Waals surface area contributed by atoms with Gasteiger partial charge < -0.3 is 19.0 Å². The SMILES string of the molecule is CCOc1ccc(C(=O)C2C(=O)C(=O)N(Cc3ccco3)C2c2ccc(N(CC)CC)cc2)cc1. The van der Waals surface area contributed by atoms with Crippen molar-refractivity contribution in [2.75, 3.05) is 24.6 Å². The van der Waals surface area contributed by atoms with Crippen LogP contribution in [0, 0.1) is 5.92 Å². The van der Waals surface area contributed by atoms with Crippen molar-refractivity contribution in [1.29, 1.82) is 0 Å². The molecule has 1 aromatic heterocycles. The van der Waals surface area contributed by atoms with Crippen LogP contribution in [0.3, 0.4) is 0 Å². The highest BCUT2D eigenvalue weighted by Gasteiger charge is 2.51. The van der Waals surface area contributed by atoms with Crippen LogP contribution in [0.4, 0.5) is 5.69 Å². The number of furan rings is 1. The summed E-state index contributed by atoms with van der Waals surface area (Å²) in [6.45, 7) is 8.39.